The fourth-order valence-corrected chi connectivity index (χ4v) is 5.05. The number of carbonyl (C=O) groups excluding carboxylic acids is 2. The van der Waals surface area contributed by atoms with Crippen molar-refractivity contribution in [3.63, 3.8) is 0 Å². The molecule has 0 aliphatic carbocycles. The lowest BCUT2D eigenvalue weighted by Gasteiger charge is -2.39. The van der Waals surface area contributed by atoms with E-state index in [-0.39, 0.29) is 18.4 Å². The van der Waals surface area contributed by atoms with Gasteiger partial charge in [0, 0.05) is 6.54 Å². The largest absolute Gasteiger partial charge is 0.388 e. The van der Waals surface area contributed by atoms with E-state index in [1.54, 1.807) is 12.0 Å². The number of hydrogen-bond donors (Lipinski definition) is 1. The van der Waals surface area contributed by atoms with Crippen molar-refractivity contribution in [2.24, 2.45) is 5.92 Å². The molecule has 0 bridgehead atoms. The van der Waals surface area contributed by atoms with Crippen molar-refractivity contribution >= 4 is 11.8 Å². The zero-order valence-electron chi connectivity index (χ0n) is 18.6. The van der Waals surface area contributed by atoms with Gasteiger partial charge in [0.2, 0.25) is 5.91 Å². The molecule has 2 aromatic carbocycles. The van der Waals surface area contributed by atoms with Crippen molar-refractivity contribution in [1.29, 1.82) is 0 Å². The van der Waals surface area contributed by atoms with Crippen LogP contribution in [0.25, 0.3) is 0 Å². The molecule has 3 heterocycles. The molecular formula is C25H28N2O6. The Labute approximate surface area is 192 Å². The SMILES string of the molecule is C[C@@H]1OC[C@@H](O)[C@H]([C@@H]2[C@H]3C(=O)N([C@H](C)c4ccccc4)C(=O)[C@H]3ON2Cc2ccccc2)O1. The third-order valence-corrected chi connectivity index (χ3v) is 6.70. The molecule has 5 rings (SSSR count). The molecule has 3 aliphatic heterocycles. The molecule has 0 radical (unpaired) electrons. The number of imide groups is 1. The summed E-state index contributed by atoms with van der Waals surface area (Å²) in [5, 5.41) is 12.3. The van der Waals surface area contributed by atoms with Gasteiger partial charge in [-0.15, -0.1) is 0 Å². The number of amides is 2. The summed E-state index contributed by atoms with van der Waals surface area (Å²) in [6.45, 7) is 4.03. The highest BCUT2D eigenvalue weighted by Gasteiger charge is 2.63. The third kappa shape index (κ3) is 3.98. The molecule has 0 saturated carbocycles. The summed E-state index contributed by atoms with van der Waals surface area (Å²) in [5.74, 6) is -1.45. The third-order valence-electron chi connectivity index (χ3n) is 6.70. The standard InChI is InChI=1S/C25H28N2O6/c1-15(18-11-7-4-8-12-18)27-24(29)20-21(22-19(28)14-31-16(2)32-22)26(33-23(20)25(27)30)13-17-9-5-3-6-10-17/h3-12,15-16,19-23,28H,13-14H2,1-2H3/t15-,16-,19-,20-,21+,22-,23+/m1/s1. The molecule has 8 nitrogen and oxygen atoms in total. The lowest BCUT2D eigenvalue weighted by molar-refractivity contribution is -0.276. The molecule has 33 heavy (non-hydrogen) atoms. The van der Waals surface area contributed by atoms with E-state index in [0.717, 1.165) is 11.1 Å². The number of hydrogen-bond acceptors (Lipinski definition) is 7. The van der Waals surface area contributed by atoms with Crippen LogP contribution in [0.5, 0.6) is 0 Å². The van der Waals surface area contributed by atoms with Crippen LogP contribution in [-0.2, 0) is 30.4 Å². The fraction of sp³-hybridized carbons (Fsp3) is 0.440. The highest BCUT2D eigenvalue weighted by molar-refractivity contribution is 6.07. The highest BCUT2D eigenvalue weighted by Crippen LogP contribution is 2.43. The molecule has 7 atom stereocenters. The van der Waals surface area contributed by atoms with Crippen molar-refractivity contribution in [2.75, 3.05) is 6.61 Å². The molecule has 8 heteroatoms. The molecule has 2 amide bonds. The minimum Gasteiger partial charge on any atom is -0.388 e. The number of ether oxygens (including phenoxy) is 2. The lowest BCUT2D eigenvalue weighted by atomic mass is 9.89. The van der Waals surface area contributed by atoms with E-state index in [1.807, 2.05) is 67.6 Å². The van der Waals surface area contributed by atoms with Gasteiger partial charge in [-0.3, -0.25) is 19.3 Å². The van der Waals surface area contributed by atoms with Gasteiger partial charge in [0.15, 0.2) is 12.4 Å². The van der Waals surface area contributed by atoms with Crippen molar-refractivity contribution in [3.8, 4) is 0 Å². The molecule has 1 N–H and O–H groups in total. The summed E-state index contributed by atoms with van der Waals surface area (Å²) in [6.07, 6.45) is -3.18. The van der Waals surface area contributed by atoms with E-state index in [1.165, 1.54) is 4.90 Å². The van der Waals surface area contributed by atoms with Gasteiger partial charge in [-0.2, -0.15) is 5.06 Å². The fourth-order valence-electron chi connectivity index (χ4n) is 5.05. The first-order valence-electron chi connectivity index (χ1n) is 11.3. The number of aliphatic hydroxyl groups is 1. The van der Waals surface area contributed by atoms with E-state index in [2.05, 4.69) is 0 Å². The molecule has 3 aliphatic rings. The number of benzene rings is 2. The first-order valence-corrected chi connectivity index (χ1v) is 11.3. The van der Waals surface area contributed by atoms with Gasteiger partial charge in [0.1, 0.15) is 12.2 Å². The average Bonchev–Trinajstić information content (AvgIpc) is 3.31. The molecule has 3 fully saturated rings. The molecule has 0 unspecified atom stereocenters. The van der Waals surface area contributed by atoms with Crippen LogP contribution in [0.2, 0.25) is 0 Å². The van der Waals surface area contributed by atoms with Crippen molar-refractivity contribution in [3.05, 3.63) is 71.8 Å². The average molecular weight is 453 g/mol. The second-order valence-electron chi connectivity index (χ2n) is 8.81. The van der Waals surface area contributed by atoms with Gasteiger partial charge in [-0.1, -0.05) is 60.7 Å². The van der Waals surface area contributed by atoms with Gasteiger partial charge < -0.3 is 14.6 Å². The van der Waals surface area contributed by atoms with Crippen molar-refractivity contribution < 1.29 is 29.0 Å². The number of hydroxylamine groups is 2. The Hall–Kier alpha value is -2.62. The first-order chi connectivity index (χ1) is 16.0. The predicted octanol–water partition coefficient (Wildman–Crippen LogP) is 2.04. The Balaban J connectivity index is 1.47. The van der Waals surface area contributed by atoms with Crippen LogP contribution < -0.4 is 0 Å². The van der Waals surface area contributed by atoms with Crippen LogP contribution >= 0.6 is 0 Å². The van der Waals surface area contributed by atoms with Gasteiger partial charge in [-0.25, -0.2) is 0 Å². The van der Waals surface area contributed by atoms with E-state index < -0.39 is 42.6 Å². The Morgan fingerprint density at radius 1 is 1.03 bits per heavy atom. The summed E-state index contributed by atoms with van der Waals surface area (Å²) in [6, 6.07) is 18.0. The predicted molar refractivity (Wildman–Crippen MR) is 117 cm³/mol. The van der Waals surface area contributed by atoms with Gasteiger partial charge in [-0.05, 0) is 25.0 Å². The van der Waals surface area contributed by atoms with Gasteiger partial charge in [0.05, 0.1) is 24.6 Å². The Kier molecular flexibility index (Phi) is 6.03. The van der Waals surface area contributed by atoms with Crippen LogP contribution in [0, 0.1) is 5.92 Å². The van der Waals surface area contributed by atoms with E-state index in [4.69, 9.17) is 14.3 Å². The minimum absolute atomic E-state index is 0.0885. The van der Waals surface area contributed by atoms with Crippen molar-refractivity contribution in [2.45, 2.75) is 57.1 Å². The zero-order chi connectivity index (χ0) is 23.1. The summed E-state index contributed by atoms with van der Waals surface area (Å²) < 4.78 is 11.4. The Bertz CT molecular complexity index is 1000. The maximum Gasteiger partial charge on any atom is 0.261 e. The summed E-state index contributed by atoms with van der Waals surface area (Å²) in [4.78, 5) is 34.5. The topological polar surface area (TPSA) is 88.5 Å². The minimum atomic E-state index is -0.952. The van der Waals surface area contributed by atoms with Crippen LogP contribution in [-0.4, -0.2) is 64.1 Å². The quantitative estimate of drug-likeness (QED) is 0.695. The molecule has 174 valence electrons. The van der Waals surface area contributed by atoms with Crippen LogP contribution in [0.1, 0.15) is 31.0 Å². The number of fused-ring (bicyclic) bond motifs is 1. The number of likely N-dealkylation sites (tertiary alicyclic amines) is 1. The van der Waals surface area contributed by atoms with Crippen LogP contribution in [0.15, 0.2) is 60.7 Å². The molecule has 3 saturated heterocycles. The highest BCUT2D eigenvalue weighted by atomic mass is 16.7. The maximum absolute atomic E-state index is 13.7. The first kappa shape index (κ1) is 22.2. The molecule has 0 spiro atoms. The number of nitrogens with zero attached hydrogens (tertiary/aromatic N) is 2. The second kappa shape index (κ2) is 8.96. The normalized spacial score (nSPS) is 33.4. The maximum atomic E-state index is 13.7. The summed E-state index contributed by atoms with van der Waals surface area (Å²) in [7, 11) is 0. The Morgan fingerprint density at radius 2 is 1.70 bits per heavy atom. The second-order valence-corrected chi connectivity index (χ2v) is 8.81. The summed E-state index contributed by atoms with van der Waals surface area (Å²) >= 11 is 0. The lowest BCUT2D eigenvalue weighted by Crippen LogP contribution is -2.56. The molecular weight excluding hydrogens is 424 g/mol. The van der Waals surface area contributed by atoms with Crippen molar-refractivity contribution in [1.82, 2.24) is 9.96 Å². The van der Waals surface area contributed by atoms with E-state index in [9.17, 15) is 14.7 Å². The monoisotopic (exact) mass is 452 g/mol. The van der Waals surface area contributed by atoms with E-state index in [0.29, 0.717) is 6.54 Å². The smallest absolute Gasteiger partial charge is 0.261 e. The van der Waals surface area contributed by atoms with Crippen LogP contribution in [0.3, 0.4) is 0 Å². The number of aliphatic hydroxyl groups excluding tert-OH is 1. The zero-order valence-corrected chi connectivity index (χ0v) is 18.6. The van der Waals surface area contributed by atoms with Gasteiger partial charge in [0.25, 0.3) is 5.91 Å². The van der Waals surface area contributed by atoms with Crippen LogP contribution in [0.4, 0.5) is 0 Å². The van der Waals surface area contributed by atoms with E-state index >= 15 is 0 Å². The number of carbonyl (C=O) groups is 2. The summed E-state index contributed by atoms with van der Waals surface area (Å²) in [5.41, 5.74) is 1.83. The van der Waals surface area contributed by atoms with Gasteiger partial charge >= 0.3 is 0 Å². The molecule has 0 aromatic heterocycles. The molecule has 2 aromatic rings. The Morgan fingerprint density at radius 3 is 2.39 bits per heavy atom. The number of rotatable bonds is 5.